The van der Waals surface area contributed by atoms with Crippen LogP contribution in [0.15, 0.2) is 18.3 Å². The highest BCUT2D eigenvalue weighted by Crippen LogP contribution is 2.39. The monoisotopic (exact) mass is 352 g/mol. The molecule has 1 aliphatic heterocycles. The highest BCUT2D eigenvalue weighted by atomic mass is 16.5. The van der Waals surface area contributed by atoms with Gasteiger partial charge in [-0.1, -0.05) is 13.8 Å². The van der Waals surface area contributed by atoms with Gasteiger partial charge in [-0.15, -0.1) is 0 Å². The molecule has 0 saturated carbocycles. The number of carbonyl (C=O) groups excluding carboxylic acids is 1. The number of hydrogen-bond acceptors (Lipinski definition) is 4. The summed E-state index contributed by atoms with van der Waals surface area (Å²) in [6.07, 6.45) is 3.63. The summed E-state index contributed by atoms with van der Waals surface area (Å²) in [7, 11) is 2.63. The van der Waals surface area contributed by atoms with Crippen molar-refractivity contribution in [3.05, 3.63) is 40.8 Å². The molecule has 2 aliphatic rings. The standard InChI is InChI=1S/C19H23BN3O3/c1-19(2)9-12-8-15-18(24)23(7-6-22(15)16(12)10-19)17-13(11-26-3)14(20-25)4-5-21-17/h4-5,8,25H,6-7,9-11H2,1-3H3. The summed E-state index contributed by atoms with van der Waals surface area (Å²) in [6, 6.07) is 3.77. The first-order valence-corrected chi connectivity index (χ1v) is 8.92. The first kappa shape index (κ1) is 17.3. The lowest BCUT2D eigenvalue weighted by molar-refractivity contribution is 0.0962. The quantitative estimate of drug-likeness (QED) is 0.836. The lowest BCUT2D eigenvalue weighted by atomic mass is 9.85. The largest absolute Gasteiger partial charge is 0.450 e. The zero-order valence-electron chi connectivity index (χ0n) is 15.5. The van der Waals surface area contributed by atoms with Crippen molar-refractivity contribution >= 4 is 24.7 Å². The van der Waals surface area contributed by atoms with Crippen LogP contribution in [0.1, 0.15) is 41.2 Å². The molecule has 7 heteroatoms. The Balaban J connectivity index is 1.72. The molecule has 4 rings (SSSR count). The van der Waals surface area contributed by atoms with Crippen molar-refractivity contribution in [3.8, 4) is 0 Å². The molecule has 1 radical (unpaired) electrons. The van der Waals surface area contributed by atoms with Crippen LogP contribution >= 0.6 is 0 Å². The van der Waals surface area contributed by atoms with Gasteiger partial charge in [-0.3, -0.25) is 9.69 Å². The maximum atomic E-state index is 13.2. The van der Waals surface area contributed by atoms with Gasteiger partial charge in [0.25, 0.3) is 5.91 Å². The van der Waals surface area contributed by atoms with Gasteiger partial charge < -0.3 is 14.3 Å². The van der Waals surface area contributed by atoms with Crippen LogP contribution in [-0.4, -0.2) is 41.6 Å². The molecule has 0 fully saturated rings. The molecule has 2 aromatic heterocycles. The predicted molar refractivity (Wildman–Crippen MR) is 99.9 cm³/mol. The highest BCUT2D eigenvalue weighted by Gasteiger charge is 2.37. The van der Waals surface area contributed by atoms with Crippen LogP contribution in [0.3, 0.4) is 0 Å². The topological polar surface area (TPSA) is 67.6 Å². The van der Waals surface area contributed by atoms with Crippen molar-refractivity contribution in [2.75, 3.05) is 18.6 Å². The number of ether oxygens (including phenoxy) is 1. The Kier molecular flexibility index (Phi) is 4.16. The zero-order valence-corrected chi connectivity index (χ0v) is 15.5. The molecule has 0 bridgehead atoms. The van der Waals surface area contributed by atoms with E-state index in [1.807, 2.05) is 0 Å². The summed E-state index contributed by atoms with van der Waals surface area (Å²) >= 11 is 0. The number of aromatic nitrogens is 2. The molecule has 1 N–H and O–H groups in total. The number of fused-ring (bicyclic) bond motifs is 3. The van der Waals surface area contributed by atoms with Crippen LogP contribution < -0.4 is 10.4 Å². The third kappa shape index (κ3) is 2.66. The minimum absolute atomic E-state index is 0.0385. The van der Waals surface area contributed by atoms with Crippen molar-refractivity contribution in [1.82, 2.24) is 9.55 Å². The molecular formula is C19H23BN3O3. The number of pyridine rings is 1. The van der Waals surface area contributed by atoms with Gasteiger partial charge in [0.1, 0.15) is 11.5 Å². The fourth-order valence-electron chi connectivity index (χ4n) is 4.25. The summed E-state index contributed by atoms with van der Waals surface area (Å²) in [4.78, 5) is 19.3. The van der Waals surface area contributed by atoms with Gasteiger partial charge in [-0.05, 0) is 41.4 Å². The number of methoxy groups -OCH3 is 1. The van der Waals surface area contributed by atoms with Crippen LogP contribution in [-0.2, 0) is 30.7 Å². The Morgan fingerprint density at radius 3 is 2.88 bits per heavy atom. The van der Waals surface area contributed by atoms with E-state index in [2.05, 4.69) is 29.5 Å². The van der Waals surface area contributed by atoms with E-state index in [9.17, 15) is 9.82 Å². The second-order valence-electron chi connectivity index (χ2n) is 7.89. The van der Waals surface area contributed by atoms with Crippen molar-refractivity contribution in [2.24, 2.45) is 5.41 Å². The van der Waals surface area contributed by atoms with Gasteiger partial charge in [0.05, 0.1) is 6.61 Å². The lowest BCUT2D eigenvalue weighted by Crippen LogP contribution is -2.42. The highest BCUT2D eigenvalue weighted by molar-refractivity contribution is 6.46. The van der Waals surface area contributed by atoms with Gasteiger partial charge in [-0.25, -0.2) is 4.98 Å². The van der Waals surface area contributed by atoms with E-state index in [-0.39, 0.29) is 17.9 Å². The summed E-state index contributed by atoms with van der Waals surface area (Å²) in [5.74, 6) is 0.524. The Morgan fingerprint density at radius 1 is 1.35 bits per heavy atom. The molecule has 3 heterocycles. The third-order valence-electron chi connectivity index (χ3n) is 5.38. The summed E-state index contributed by atoms with van der Waals surface area (Å²) in [5.41, 5.74) is 4.95. The molecule has 135 valence electrons. The molecule has 6 nitrogen and oxygen atoms in total. The lowest BCUT2D eigenvalue weighted by Gasteiger charge is -2.31. The molecule has 0 atom stereocenters. The average molecular weight is 352 g/mol. The number of nitrogens with zero attached hydrogens (tertiary/aromatic N) is 3. The predicted octanol–water partition coefficient (Wildman–Crippen LogP) is 1.05. The van der Waals surface area contributed by atoms with Crippen LogP contribution in [0.25, 0.3) is 0 Å². The number of carbonyl (C=O) groups is 1. The Hall–Kier alpha value is -2.12. The SMILES string of the molecule is COCc1c([B]O)ccnc1N1CCn2c(cc3c2CC(C)(C)C3)C1=O. The number of rotatable bonds is 4. The van der Waals surface area contributed by atoms with Crippen molar-refractivity contribution in [1.29, 1.82) is 0 Å². The first-order chi connectivity index (χ1) is 12.4. The average Bonchev–Trinajstić information content (AvgIpc) is 3.08. The van der Waals surface area contributed by atoms with Crippen molar-refractivity contribution < 1.29 is 14.6 Å². The van der Waals surface area contributed by atoms with E-state index in [0.29, 0.717) is 17.8 Å². The van der Waals surface area contributed by atoms with Gasteiger partial charge in [0, 0.05) is 37.7 Å². The van der Waals surface area contributed by atoms with Gasteiger partial charge in [0.15, 0.2) is 0 Å². The van der Waals surface area contributed by atoms with Gasteiger partial charge in [0.2, 0.25) is 0 Å². The zero-order chi connectivity index (χ0) is 18.5. The summed E-state index contributed by atoms with van der Waals surface area (Å²) in [6.45, 7) is 6.15. The summed E-state index contributed by atoms with van der Waals surface area (Å²) in [5, 5.41) is 9.50. The number of anilines is 1. The second-order valence-corrected chi connectivity index (χ2v) is 7.89. The minimum Gasteiger partial charge on any atom is -0.450 e. The molecule has 1 amide bonds. The van der Waals surface area contributed by atoms with Crippen LogP contribution in [0, 0.1) is 5.41 Å². The maximum absolute atomic E-state index is 13.2. The molecule has 1 aliphatic carbocycles. The fraction of sp³-hybridized carbons (Fsp3) is 0.474. The molecule has 0 saturated heterocycles. The normalized spacial score (nSPS) is 18.0. The van der Waals surface area contributed by atoms with E-state index in [1.165, 1.54) is 11.3 Å². The first-order valence-electron chi connectivity index (χ1n) is 8.92. The Labute approximate surface area is 154 Å². The molecule has 0 spiro atoms. The van der Waals surface area contributed by atoms with E-state index in [0.717, 1.165) is 38.1 Å². The Bertz CT molecular complexity index is 875. The van der Waals surface area contributed by atoms with Crippen LogP contribution in [0.5, 0.6) is 0 Å². The van der Waals surface area contributed by atoms with Gasteiger partial charge in [-0.2, -0.15) is 0 Å². The smallest absolute Gasteiger partial charge is 0.327 e. The summed E-state index contributed by atoms with van der Waals surface area (Å²) < 4.78 is 7.45. The molecule has 2 aromatic rings. The van der Waals surface area contributed by atoms with Crippen molar-refractivity contribution in [2.45, 2.75) is 39.8 Å². The minimum atomic E-state index is -0.0385. The van der Waals surface area contributed by atoms with E-state index in [4.69, 9.17) is 4.74 Å². The second kappa shape index (κ2) is 6.25. The van der Waals surface area contributed by atoms with Crippen molar-refractivity contribution in [3.63, 3.8) is 0 Å². The van der Waals surface area contributed by atoms with Gasteiger partial charge >= 0.3 is 7.48 Å². The maximum Gasteiger partial charge on any atom is 0.327 e. The van der Waals surface area contributed by atoms with E-state index < -0.39 is 0 Å². The molecule has 0 unspecified atom stereocenters. The number of amides is 1. The van der Waals surface area contributed by atoms with Crippen LogP contribution in [0.4, 0.5) is 5.82 Å². The van der Waals surface area contributed by atoms with E-state index >= 15 is 0 Å². The number of hydrogen-bond donors (Lipinski definition) is 1. The molecule has 0 aromatic carbocycles. The van der Waals surface area contributed by atoms with Crippen LogP contribution in [0.2, 0.25) is 0 Å². The molecular weight excluding hydrogens is 329 g/mol. The fourth-order valence-corrected chi connectivity index (χ4v) is 4.25. The molecule has 26 heavy (non-hydrogen) atoms. The van der Waals surface area contributed by atoms with E-state index in [1.54, 1.807) is 24.3 Å². The Morgan fingerprint density at radius 2 is 2.15 bits per heavy atom. The third-order valence-corrected chi connectivity index (χ3v) is 5.38.